The number of azide groups is 1. The summed E-state index contributed by atoms with van der Waals surface area (Å²) in [5.41, 5.74) is 7.05. The molecule has 42 heavy (non-hydrogen) atoms. The first kappa shape index (κ1) is 35.9. The molecule has 0 aromatic carbocycles. The van der Waals surface area contributed by atoms with E-state index in [1.807, 2.05) is 26.2 Å². The van der Waals surface area contributed by atoms with Crippen LogP contribution in [0.3, 0.4) is 0 Å². The Morgan fingerprint density at radius 2 is 1.52 bits per heavy atom. The zero-order valence-electron chi connectivity index (χ0n) is 27.2. The van der Waals surface area contributed by atoms with Crippen molar-refractivity contribution < 1.29 is 28.2 Å². The highest BCUT2D eigenvalue weighted by molar-refractivity contribution is 6.74. The van der Waals surface area contributed by atoms with Crippen molar-refractivity contribution in [3.8, 4) is 0 Å². The smallest absolute Gasteiger partial charge is 0.330 e. The molecule has 0 spiro atoms. The molecule has 2 N–H and O–H groups in total. The maximum absolute atomic E-state index is 13.1. The van der Waals surface area contributed by atoms with Gasteiger partial charge in [0, 0.05) is 17.2 Å². The van der Waals surface area contributed by atoms with Gasteiger partial charge in [-0.05, 0) is 62.6 Å². The maximum Gasteiger partial charge on any atom is 0.330 e. The highest BCUT2D eigenvalue weighted by Gasteiger charge is 2.57. The molecule has 1 fully saturated rings. The van der Waals surface area contributed by atoms with Crippen molar-refractivity contribution in [2.24, 2.45) is 5.11 Å². The van der Waals surface area contributed by atoms with Crippen molar-refractivity contribution >= 4 is 22.6 Å². The van der Waals surface area contributed by atoms with Crippen LogP contribution in [0.25, 0.3) is 10.4 Å². The van der Waals surface area contributed by atoms with Crippen molar-refractivity contribution in [3.63, 3.8) is 0 Å². The van der Waals surface area contributed by atoms with E-state index >= 15 is 0 Å². The number of ether oxygens (including phenoxy) is 2. The van der Waals surface area contributed by atoms with Gasteiger partial charge in [0.1, 0.15) is 30.0 Å². The molecular formula is C27H49N5O8Si2. The van der Waals surface area contributed by atoms with Gasteiger partial charge in [0.25, 0.3) is 5.56 Å². The normalized spacial score (nSPS) is 23.7. The molecule has 2 heterocycles. The van der Waals surface area contributed by atoms with Gasteiger partial charge in [0.05, 0.1) is 0 Å². The molecule has 6 atom stereocenters. The minimum atomic E-state index is -2.61. The number of H-pyrrole nitrogens is 1. The molecule has 0 aliphatic carbocycles. The van der Waals surface area contributed by atoms with Gasteiger partial charge < -0.3 is 23.4 Å². The van der Waals surface area contributed by atoms with Crippen molar-refractivity contribution in [3.05, 3.63) is 43.5 Å². The fraction of sp³-hybridized carbons (Fsp3) is 0.815. The molecular weight excluding hydrogens is 578 g/mol. The first-order valence-electron chi connectivity index (χ1n) is 14.1. The third kappa shape index (κ3) is 8.21. The number of hydrogen-bond acceptors (Lipinski definition) is 9. The van der Waals surface area contributed by atoms with E-state index in [1.165, 1.54) is 16.8 Å². The first-order chi connectivity index (χ1) is 18.8. The van der Waals surface area contributed by atoms with Crippen molar-refractivity contribution in [2.75, 3.05) is 0 Å². The lowest BCUT2D eigenvalue weighted by Crippen LogP contribution is -2.56. The van der Waals surface area contributed by atoms with Gasteiger partial charge in [0.2, 0.25) is 0 Å². The lowest BCUT2D eigenvalue weighted by Gasteiger charge is -2.44. The second-order valence-corrected chi connectivity index (χ2v) is 24.4. The van der Waals surface area contributed by atoms with Crippen LogP contribution < -0.4 is 11.2 Å². The molecule has 0 unspecified atom stereocenters. The Bertz CT molecular complexity index is 1290. The maximum atomic E-state index is 13.1. The summed E-state index contributed by atoms with van der Waals surface area (Å²) in [7, 11) is -5.20. The molecule has 13 nitrogen and oxygen atoms in total. The number of aromatic nitrogens is 2. The van der Waals surface area contributed by atoms with Crippen molar-refractivity contribution in [1.29, 1.82) is 0 Å². The Balaban J connectivity index is 2.80. The zero-order chi connectivity index (χ0) is 32.6. The van der Waals surface area contributed by atoms with Gasteiger partial charge in [-0.1, -0.05) is 46.7 Å². The Hall–Kier alpha value is -2.27. The van der Waals surface area contributed by atoms with E-state index in [0.29, 0.717) is 0 Å². The predicted molar refractivity (Wildman–Crippen MR) is 164 cm³/mol. The van der Waals surface area contributed by atoms with Gasteiger partial charge in [-0.3, -0.25) is 19.1 Å². The number of carbonyl (C=O) groups excluding carboxylic acids is 1. The van der Waals surface area contributed by atoms with E-state index < -0.39 is 76.1 Å². The Kier molecular flexibility index (Phi) is 10.6. The summed E-state index contributed by atoms with van der Waals surface area (Å²) in [6, 6.07) is -0.491. The third-order valence-electron chi connectivity index (χ3n) is 8.31. The third-order valence-corrected chi connectivity index (χ3v) is 17.3. The van der Waals surface area contributed by atoms with Crippen LogP contribution in [-0.4, -0.2) is 73.3 Å². The molecule has 1 aliphatic heterocycles. The Morgan fingerprint density at radius 1 is 1.02 bits per heavy atom. The largest absolute Gasteiger partial charge is 0.460 e. The molecule has 15 heteroatoms. The number of aliphatic hydroxyl groups is 1. The average molecular weight is 628 g/mol. The van der Waals surface area contributed by atoms with Gasteiger partial charge in [-0.2, -0.15) is 0 Å². The summed E-state index contributed by atoms with van der Waals surface area (Å²) in [4.78, 5) is 43.1. The Labute approximate surface area is 249 Å². The van der Waals surface area contributed by atoms with Gasteiger partial charge in [-0.25, -0.2) is 4.79 Å². The fourth-order valence-electron chi connectivity index (χ4n) is 3.94. The number of esters is 1. The molecule has 2 rings (SSSR count). The fourth-order valence-corrected chi connectivity index (χ4v) is 6.52. The first-order valence-corrected chi connectivity index (χ1v) is 19.9. The van der Waals surface area contributed by atoms with Gasteiger partial charge in [-0.15, -0.1) is 0 Å². The topological polar surface area (TPSA) is 178 Å². The van der Waals surface area contributed by atoms with Crippen molar-refractivity contribution in [1.82, 2.24) is 9.55 Å². The summed E-state index contributed by atoms with van der Waals surface area (Å²) in [5.74, 6) is -0.936. The van der Waals surface area contributed by atoms with Crippen LogP contribution in [0.15, 0.2) is 27.0 Å². The van der Waals surface area contributed by atoms with Crippen molar-refractivity contribution in [2.45, 2.75) is 141 Å². The minimum absolute atomic E-state index is 0.254. The number of aromatic amines is 1. The molecule has 1 aromatic heterocycles. The molecule has 0 bridgehead atoms. The number of nitrogens with zero attached hydrogens (tertiary/aromatic N) is 4. The molecule has 1 aromatic rings. The number of nitrogens with one attached hydrogen (secondary N) is 1. The quantitative estimate of drug-likeness (QED) is 0.131. The zero-order valence-corrected chi connectivity index (χ0v) is 29.2. The second-order valence-electron chi connectivity index (χ2n) is 14.9. The molecule has 0 radical (unpaired) electrons. The van der Waals surface area contributed by atoms with Gasteiger partial charge in [0.15, 0.2) is 28.9 Å². The van der Waals surface area contributed by atoms with Gasteiger partial charge >= 0.3 is 11.7 Å². The monoisotopic (exact) mass is 627 g/mol. The van der Waals surface area contributed by atoms with Crippen LogP contribution in [0.2, 0.25) is 36.3 Å². The highest BCUT2D eigenvalue weighted by Crippen LogP contribution is 2.46. The standard InChI is InChI=1S/C27H49N5O8Si2/c1-25(2,3)38-23(35)17(30-31-28)18(34)19-20(39-41(10,11)26(4,5)6)21(40-42(12,13)27(7,8)9)22(37-19)32-15-14-16(33)29-24(32)36/h14-15,17-22,34H,1-13H3,(H,29,33,36)/t17-,18+,19-,20-,21-,22-/m1/s1. The summed E-state index contributed by atoms with van der Waals surface area (Å²) in [6.07, 6.45) is -4.78. The summed E-state index contributed by atoms with van der Waals surface area (Å²) in [6.45, 7) is 25.4. The van der Waals surface area contributed by atoms with E-state index in [1.54, 1.807) is 20.8 Å². The summed E-state index contributed by atoms with van der Waals surface area (Å²) >= 11 is 0. The Morgan fingerprint density at radius 3 is 1.95 bits per heavy atom. The predicted octanol–water partition coefficient (Wildman–Crippen LogP) is 4.60. The second kappa shape index (κ2) is 12.4. The van der Waals surface area contributed by atoms with Crippen LogP contribution >= 0.6 is 0 Å². The summed E-state index contributed by atoms with van der Waals surface area (Å²) < 4.78 is 26.8. The number of rotatable bonds is 9. The minimum Gasteiger partial charge on any atom is -0.460 e. The number of carbonyl (C=O) groups is 1. The molecule has 1 aliphatic rings. The SMILES string of the molecule is CC(C)(C)OC(=O)[C@H](N=[N+]=[N-])[C@H](O)[C@H]1O[C@@H](n2ccc(=O)[nH]c2=O)[C@H](O[Si](C)(C)C(C)(C)C)[C@@H]1O[Si](C)(C)C(C)(C)C. The highest BCUT2D eigenvalue weighted by atomic mass is 28.4. The lowest BCUT2D eigenvalue weighted by atomic mass is 10.00. The number of aliphatic hydroxyl groups excluding tert-OH is 1. The van der Waals surface area contributed by atoms with E-state index in [4.69, 9.17) is 18.3 Å². The lowest BCUT2D eigenvalue weighted by molar-refractivity contribution is -0.164. The van der Waals surface area contributed by atoms with E-state index in [9.17, 15) is 25.0 Å². The average Bonchev–Trinajstić information content (AvgIpc) is 3.10. The van der Waals surface area contributed by atoms with E-state index in [-0.39, 0.29) is 10.1 Å². The van der Waals surface area contributed by atoms with Crippen LogP contribution in [0.1, 0.15) is 68.5 Å². The molecule has 1 saturated heterocycles. The van der Waals surface area contributed by atoms with E-state index in [2.05, 4.69) is 56.6 Å². The molecule has 238 valence electrons. The van der Waals surface area contributed by atoms with Crippen LogP contribution in [0.4, 0.5) is 0 Å². The van der Waals surface area contributed by atoms with Crippen LogP contribution in [-0.2, 0) is 23.1 Å². The van der Waals surface area contributed by atoms with Crippen LogP contribution in [0, 0.1) is 0 Å². The molecule has 0 saturated carbocycles. The summed E-state index contributed by atoms with van der Waals surface area (Å²) in [5, 5.41) is 14.7. The molecule has 0 amide bonds. The van der Waals surface area contributed by atoms with E-state index in [0.717, 1.165) is 0 Å². The van der Waals surface area contributed by atoms with Crippen LogP contribution in [0.5, 0.6) is 0 Å². The number of hydrogen-bond donors (Lipinski definition) is 2.